The summed E-state index contributed by atoms with van der Waals surface area (Å²) in [5, 5.41) is 13.4. The van der Waals surface area contributed by atoms with E-state index in [1.54, 1.807) is 13.2 Å². The molecule has 1 saturated heterocycles. The molecular weight excluding hydrogens is 674 g/mol. The molecule has 2 aliphatic carbocycles. The van der Waals surface area contributed by atoms with Crippen LogP contribution in [-0.4, -0.2) is 83.4 Å². The fraction of sp³-hybridized carbons (Fsp3) is 0.684. The number of hydrogen-bond acceptors (Lipinski definition) is 8. The van der Waals surface area contributed by atoms with E-state index in [1.165, 1.54) is 11.3 Å². The van der Waals surface area contributed by atoms with Gasteiger partial charge in [0.15, 0.2) is 5.60 Å². The van der Waals surface area contributed by atoms with E-state index in [2.05, 4.69) is 21.1 Å². The highest BCUT2D eigenvalue weighted by Crippen LogP contribution is 2.41. The first kappa shape index (κ1) is 38.6. The maximum absolute atomic E-state index is 14.6. The van der Waals surface area contributed by atoms with Gasteiger partial charge in [0.2, 0.25) is 23.5 Å². The number of carbonyl (C=O) groups is 5. The third kappa shape index (κ3) is 9.23. The van der Waals surface area contributed by atoms with Gasteiger partial charge in [-0.3, -0.25) is 24.0 Å². The summed E-state index contributed by atoms with van der Waals surface area (Å²) in [5.74, 6) is -1.74. The molecule has 3 N–H and O–H groups in total. The highest BCUT2D eigenvalue weighted by molar-refractivity contribution is 6.38. The smallest absolute Gasteiger partial charge is 0.289 e. The number of ketones is 1. The van der Waals surface area contributed by atoms with E-state index in [0.29, 0.717) is 29.3 Å². The van der Waals surface area contributed by atoms with E-state index in [9.17, 15) is 24.0 Å². The number of hydrogen-bond donors (Lipinski definition) is 3. The summed E-state index contributed by atoms with van der Waals surface area (Å²) in [6.45, 7) is 9.43. The monoisotopic (exact) mass is 727 g/mol. The molecule has 13 heteroatoms. The SMILES string of the molecule is CCC[C@H](NC(=O)[C@@H]1C[C@]2(CC(c3cc(C)c(OC)c(Cl)c3)=NO2)CN1C(=O)[C@@H](NC(=O)CC1CCCCC1)C(C)(C)C)C(=O)C(=O)NC1CC1. The normalized spacial score (nSPS) is 23.2. The number of ether oxygens (including phenoxy) is 1. The van der Waals surface area contributed by atoms with Gasteiger partial charge in [0, 0.05) is 30.9 Å². The van der Waals surface area contributed by atoms with Crippen LogP contribution in [0.1, 0.15) is 116 Å². The van der Waals surface area contributed by atoms with Crippen molar-refractivity contribution in [1.29, 1.82) is 0 Å². The van der Waals surface area contributed by atoms with Crippen LogP contribution < -0.4 is 20.7 Å². The lowest BCUT2D eigenvalue weighted by atomic mass is 9.84. The fourth-order valence-corrected chi connectivity index (χ4v) is 7.94. The molecule has 0 radical (unpaired) electrons. The average molecular weight is 728 g/mol. The van der Waals surface area contributed by atoms with Crippen molar-refractivity contribution in [3.63, 3.8) is 0 Å². The summed E-state index contributed by atoms with van der Waals surface area (Å²) in [5.41, 5.74) is 0.431. The van der Waals surface area contributed by atoms with Crippen LogP contribution in [0, 0.1) is 18.3 Å². The molecule has 0 unspecified atom stereocenters. The second-order valence-electron chi connectivity index (χ2n) is 16.0. The summed E-state index contributed by atoms with van der Waals surface area (Å²) in [7, 11) is 1.55. The minimum absolute atomic E-state index is 0.0111. The molecule has 1 aromatic carbocycles. The minimum Gasteiger partial charge on any atom is -0.495 e. The Hall–Kier alpha value is -3.67. The zero-order chi connectivity index (χ0) is 37.1. The summed E-state index contributed by atoms with van der Waals surface area (Å²) < 4.78 is 5.42. The number of rotatable bonds is 13. The number of methoxy groups -OCH3 is 1. The molecule has 2 saturated carbocycles. The third-order valence-electron chi connectivity index (χ3n) is 10.6. The Bertz CT molecular complexity index is 1520. The van der Waals surface area contributed by atoms with Crippen molar-refractivity contribution in [2.75, 3.05) is 13.7 Å². The summed E-state index contributed by atoms with van der Waals surface area (Å²) >= 11 is 6.51. The zero-order valence-electron chi connectivity index (χ0n) is 30.9. The van der Waals surface area contributed by atoms with Gasteiger partial charge in [-0.2, -0.15) is 0 Å². The number of benzene rings is 1. The number of likely N-dealkylation sites (tertiary alicyclic amines) is 1. The molecule has 51 heavy (non-hydrogen) atoms. The summed E-state index contributed by atoms with van der Waals surface area (Å²) in [4.78, 5) is 75.8. The van der Waals surface area contributed by atoms with Crippen LogP contribution in [0.2, 0.25) is 5.02 Å². The molecule has 4 aliphatic rings. The van der Waals surface area contributed by atoms with Crippen LogP contribution in [0.5, 0.6) is 5.75 Å². The molecule has 1 aromatic rings. The largest absolute Gasteiger partial charge is 0.495 e. The van der Waals surface area contributed by atoms with Crippen LogP contribution in [-0.2, 0) is 28.8 Å². The van der Waals surface area contributed by atoms with E-state index < -0.39 is 52.6 Å². The van der Waals surface area contributed by atoms with Gasteiger partial charge in [-0.1, -0.05) is 70.1 Å². The van der Waals surface area contributed by atoms with E-state index in [4.69, 9.17) is 21.2 Å². The molecule has 0 aromatic heterocycles. The molecule has 12 nitrogen and oxygen atoms in total. The number of halogens is 1. The van der Waals surface area contributed by atoms with Gasteiger partial charge in [0.25, 0.3) is 5.91 Å². The standard InChI is InChI=1S/C38H54ClN5O7/c1-7-11-27(31(46)35(48)40-25-14-15-25)41-34(47)29-20-38(19-28(43-51-38)24-16-22(2)32(50-6)26(39)18-24)21-44(29)36(49)33(37(3,4)5)42-30(45)17-23-12-9-8-10-13-23/h16,18,23,25,27,29,33H,7-15,17,19-21H2,1-6H3,(H,40,48)(H,41,47)(H,42,45)/t27-,29-,33+,38+/m0/s1. The lowest BCUT2D eigenvalue weighted by Gasteiger charge is -2.36. The molecule has 4 atom stereocenters. The number of carbonyl (C=O) groups excluding carboxylic acids is 5. The Morgan fingerprint density at radius 3 is 2.39 bits per heavy atom. The third-order valence-corrected chi connectivity index (χ3v) is 10.8. The van der Waals surface area contributed by atoms with Gasteiger partial charge in [-0.15, -0.1) is 0 Å². The van der Waals surface area contributed by atoms with E-state index in [-0.39, 0.29) is 43.7 Å². The molecule has 5 rings (SSSR count). The maximum atomic E-state index is 14.6. The highest BCUT2D eigenvalue weighted by atomic mass is 35.5. The number of nitrogens with zero attached hydrogens (tertiary/aromatic N) is 2. The van der Waals surface area contributed by atoms with Gasteiger partial charge in [0.1, 0.15) is 17.8 Å². The fourth-order valence-electron chi connectivity index (χ4n) is 7.60. The Morgan fingerprint density at radius 1 is 1.08 bits per heavy atom. The topological polar surface area (TPSA) is 156 Å². The first-order chi connectivity index (χ1) is 24.1. The second-order valence-corrected chi connectivity index (χ2v) is 16.4. The van der Waals surface area contributed by atoms with Crippen LogP contribution in [0.15, 0.2) is 17.3 Å². The lowest BCUT2D eigenvalue weighted by molar-refractivity contribution is -0.145. The lowest BCUT2D eigenvalue weighted by Crippen LogP contribution is -2.59. The Balaban J connectivity index is 1.40. The zero-order valence-corrected chi connectivity index (χ0v) is 31.6. The van der Waals surface area contributed by atoms with Crippen molar-refractivity contribution >= 4 is 46.7 Å². The molecule has 2 aliphatic heterocycles. The van der Waals surface area contributed by atoms with Gasteiger partial charge >= 0.3 is 0 Å². The molecule has 3 fully saturated rings. The first-order valence-electron chi connectivity index (χ1n) is 18.5. The van der Waals surface area contributed by atoms with E-state index >= 15 is 0 Å². The van der Waals surface area contributed by atoms with Crippen LogP contribution in [0.3, 0.4) is 0 Å². The van der Waals surface area contributed by atoms with Gasteiger partial charge in [-0.05, 0) is 68.1 Å². The predicted molar refractivity (Wildman–Crippen MR) is 193 cm³/mol. The predicted octanol–water partition coefficient (Wildman–Crippen LogP) is 4.76. The number of oxime groups is 1. The van der Waals surface area contributed by atoms with Gasteiger partial charge in [-0.25, -0.2) is 0 Å². The Kier molecular flexibility index (Phi) is 12.0. The Morgan fingerprint density at radius 2 is 1.78 bits per heavy atom. The van der Waals surface area contributed by atoms with E-state index in [0.717, 1.165) is 49.7 Å². The van der Waals surface area contributed by atoms with Crippen molar-refractivity contribution in [3.05, 3.63) is 28.3 Å². The Labute approximate surface area is 306 Å². The van der Waals surface area contributed by atoms with Crippen molar-refractivity contribution < 1.29 is 33.5 Å². The minimum atomic E-state index is -1.05. The van der Waals surface area contributed by atoms with Crippen LogP contribution in [0.25, 0.3) is 0 Å². The number of Topliss-reactive ketones (excluding diaryl/α,β-unsaturated/α-hetero) is 1. The number of nitrogens with one attached hydrogen (secondary N) is 3. The maximum Gasteiger partial charge on any atom is 0.289 e. The highest BCUT2D eigenvalue weighted by Gasteiger charge is 2.55. The second kappa shape index (κ2) is 15.9. The van der Waals surface area contributed by atoms with Crippen molar-refractivity contribution in [2.45, 2.75) is 141 Å². The molecule has 4 amide bonds. The molecular formula is C38H54ClN5O7. The molecule has 0 bridgehead atoms. The van der Waals surface area contributed by atoms with Crippen molar-refractivity contribution in [3.8, 4) is 5.75 Å². The van der Waals surface area contributed by atoms with Crippen molar-refractivity contribution in [1.82, 2.24) is 20.9 Å². The molecule has 280 valence electrons. The van der Waals surface area contributed by atoms with Crippen LogP contribution in [0.4, 0.5) is 0 Å². The van der Waals surface area contributed by atoms with Gasteiger partial charge in [0.05, 0.1) is 30.4 Å². The summed E-state index contributed by atoms with van der Waals surface area (Å²) in [6, 6.07) is 0.612. The van der Waals surface area contributed by atoms with Crippen molar-refractivity contribution in [2.24, 2.45) is 16.5 Å². The van der Waals surface area contributed by atoms with Gasteiger partial charge < -0.3 is 30.4 Å². The average Bonchev–Trinajstić information content (AvgIpc) is 3.67. The number of aryl methyl sites for hydroxylation is 1. The molecule has 1 spiro atoms. The molecule has 2 heterocycles. The first-order valence-corrected chi connectivity index (χ1v) is 18.9. The van der Waals surface area contributed by atoms with E-state index in [1.807, 2.05) is 40.7 Å². The number of amides is 4. The quantitative estimate of drug-likeness (QED) is 0.248. The van der Waals surface area contributed by atoms with Crippen LogP contribution >= 0.6 is 11.6 Å². The summed E-state index contributed by atoms with van der Waals surface area (Å²) in [6.07, 6.45) is 8.55.